The SMILES string of the molecule is CCn1ncnc1CN1CCCC(C(C)N)C1. The van der Waals surface area contributed by atoms with Crippen LogP contribution in [0.15, 0.2) is 6.33 Å². The molecule has 2 rings (SSSR count). The molecule has 2 N–H and O–H groups in total. The molecule has 0 bridgehead atoms. The third-order valence-electron chi connectivity index (χ3n) is 3.65. The van der Waals surface area contributed by atoms with Gasteiger partial charge in [-0.3, -0.25) is 4.90 Å². The van der Waals surface area contributed by atoms with Crippen molar-refractivity contribution in [1.82, 2.24) is 19.7 Å². The molecule has 0 amide bonds. The number of nitrogens with zero attached hydrogens (tertiary/aromatic N) is 4. The zero-order valence-corrected chi connectivity index (χ0v) is 10.8. The first-order chi connectivity index (χ1) is 8.20. The Kier molecular flexibility index (Phi) is 4.12. The number of hydrogen-bond donors (Lipinski definition) is 1. The van der Waals surface area contributed by atoms with Gasteiger partial charge in [-0.15, -0.1) is 0 Å². The molecule has 96 valence electrons. The van der Waals surface area contributed by atoms with Gasteiger partial charge in [0.1, 0.15) is 12.2 Å². The van der Waals surface area contributed by atoms with Crippen LogP contribution in [-0.4, -0.2) is 38.8 Å². The van der Waals surface area contributed by atoms with E-state index in [-0.39, 0.29) is 0 Å². The molecule has 1 saturated heterocycles. The number of aryl methyl sites for hydroxylation is 1. The number of piperidine rings is 1. The van der Waals surface area contributed by atoms with Crippen LogP contribution in [-0.2, 0) is 13.1 Å². The van der Waals surface area contributed by atoms with Crippen LogP contribution >= 0.6 is 0 Å². The Morgan fingerprint density at radius 2 is 2.41 bits per heavy atom. The highest BCUT2D eigenvalue weighted by Crippen LogP contribution is 2.19. The first-order valence-corrected chi connectivity index (χ1v) is 6.55. The summed E-state index contributed by atoms with van der Waals surface area (Å²) in [6.45, 7) is 8.24. The normalized spacial score (nSPS) is 23.8. The molecule has 1 fully saturated rings. The Morgan fingerprint density at radius 1 is 1.59 bits per heavy atom. The second-order valence-corrected chi connectivity index (χ2v) is 4.99. The van der Waals surface area contributed by atoms with E-state index >= 15 is 0 Å². The average molecular weight is 237 g/mol. The van der Waals surface area contributed by atoms with Crippen LogP contribution in [0.2, 0.25) is 0 Å². The van der Waals surface area contributed by atoms with Crippen LogP contribution in [0.4, 0.5) is 0 Å². The Bertz CT molecular complexity index is 346. The van der Waals surface area contributed by atoms with E-state index in [0.29, 0.717) is 12.0 Å². The van der Waals surface area contributed by atoms with Crippen molar-refractivity contribution in [1.29, 1.82) is 0 Å². The highest BCUT2D eigenvalue weighted by Gasteiger charge is 2.23. The number of rotatable bonds is 4. The summed E-state index contributed by atoms with van der Waals surface area (Å²) in [6.07, 6.45) is 4.15. The molecule has 0 aromatic carbocycles. The van der Waals surface area contributed by atoms with Crippen molar-refractivity contribution < 1.29 is 0 Å². The van der Waals surface area contributed by atoms with Crippen LogP contribution in [0, 0.1) is 5.92 Å². The monoisotopic (exact) mass is 237 g/mol. The minimum absolute atomic E-state index is 0.293. The minimum atomic E-state index is 0.293. The fourth-order valence-corrected chi connectivity index (χ4v) is 2.54. The van der Waals surface area contributed by atoms with Crippen molar-refractivity contribution >= 4 is 0 Å². The van der Waals surface area contributed by atoms with Gasteiger partial charge in [0.15, 0.2) is 0 Å². The lowest BCUT2D eigenvalue weighted by Gasteiger charge is -2.34. The Morgan fingerprint density at radius 3 is 3.12 bits per heavy atom. The lowest BCUT2D eigenvalue weighted by Crippen LogP contribution is -2.42. The summed E-state index contributed by atoms with van der Waals surface area (Å²) < 4.78 is 1.97. The van der Waals surface area contributed by atoms with E-state index in [4.69, 9.17) is 5.73 Å². The molecule has 2 unspecified atom stereocenters. The predicted molar refractivity (Wildman–Crippen MR) is 67.3 cm³/mol. The average Bonchev–Trinajstić information content (AvgIpc) is 2.76. The van der Waals surface area contributed by atoms with Crippen molar-refractivity contribution in [2.75, 3.05) is 13.1 Å². The van der Waals surface area contributed by atoms with E-state index < -0.39 is 0 Å². The molecule has 0 spiro atoms. The van der Waals surface area contributed by atoms with E-state index in [1.165, 1.54) is 12.8 Å². The van der Waals surface area contributed by atoms with Crippen molar-refractivity contribution in [3.05, 3.63) is 12.2 Å². The van der Waals surface area contributed by atoms with Gasteiger partial charge in [-0.25, -0.2) is 9.67 Å². The van der Waals surface area contributed by atoms with Crippen molar-refractivity contribution in [2.45, 2.75) is 45.8 Å². The molecule has 1 aliphatic heterocycles. The Balaban J connectivity index is 1.94. The zero-order chi connectivity index (χ0) is 12.3. The van der Waals surface area contributed by atoms with Gasteiger partial charge < -0.3 is 5.73 Å². The Labute approximate surface area is 103 Å². The molecule has 0 radical (unpaired) electrons. The van der Waals surface area contributed by atoms with Gasteiger partial charge in [0, 0.05) is 19.1 Å². The molecule has 1 aromatic rings. The molecule has 1 aromatic heterocycles. The molecular formula is C12H23N5. The minimum Gasteiger partial charge on any atom is -0.328 e. The highest BCUT2D eigenvalue weighted by atomic mass is 15.3. The molecule has 2 heterocycles. The summed E-state index contributed by atoms with van der Waals surface area (Å²) in [5.74, 6) is 1.69. The summed E-state index contributed by atoms with van der Waals surface area (Å²) in [7, 11) is 0. The summed E-state index contributed by atoms with van der Waals surface area (Å²) in [5, 5.41) is 4.21. The van der Waals surface area contributed by atoms with Crippen LogP contribution in [0.1, 0.15) is 32.5 Å². The van der Waals surface area contributed by atoms with Crippen molar-refractivity contribution in [2.24, 2.45) is 11.7 Å². The first-order valence-electron chi connectivity index (χ1n) is 6.55. The molecule has 0 saturated carbocycles. The number of likely N-dealkylation sites (tertiary alicyclic amines) is 1. The van der Waals surface area contributed by atoms with Gasteiger partial charge in [-0.05, 0) is 39.2 Å². The summed E-state index contributed by atoms with van der Waals surface area (Å²) in [4.78, 5) is 6.78. The van der Waals surface area contributed by atoms with Crippen LogP contribution in [0.3, 0.4) is 0 Å². The number of hydrogen-bond acceptors (Lipinski definition) is 4. The quantitative estimate of drug-likeness (QED) is 0.843. The fourth-order valence-electron chi connectivity index (χ4n) is 2.54. The van der Waals surface area contributed by atoms with E-state index in [9.17, 15) is 0 Å². The fraction of sp³-hybridized carbons (Fsp3) is 0.833. The van der Waals surface area contributed by atoms with Gasteiger partial charge in [0.2, 0.25) is 0 Å². The number of aromatic nitrogens is 3. The number of nitrogens with two attached hydrogens (primary N) is 1. The molecule has 5 heteroatoms. The second-order valence-electron chi connectivity index (χ2n) is 4.99. The third kappa shape index (κ3) is 3.04. The van der Waals surface area contributed by atoms with Gasteiger partial charge in [-0.2, -0.15) is 5.10 Å². The maximum Gasteiger partial charge on any atom is 0.140 e. The molecule has 17 heavy (non-hydrogen) atoms. The van der Waals surface area contributed by atoms with Gasteiger partial charge >= 0.3 is 0 Å². The largest absolute Gasteiger partial charge is 0.328 e. The predicted octanol–water partition coefficient (Wildman–Crippen LogP) is 0.857. The van der Waals surface area contributed by atoms with Gasteiger partial charge in [-0.1, -0.05) is 0 Å². The molecule has 0 aliphatic carbocycles. The maximum absolute atomic E-state index is 6.00. The highest BCUT2D eigenvalue weighted by molar-refractivity contribution is 4.87. The lowest BCUT2D eigenvalue weighted by molar-refractivity contribution is 0.149. The molecular weight excluding hydrogens is 214 g/mol. The summed E-state index contributed by atoms with van der Waals surface area (Å²) in [5.41, 5.74) is 6.00. The second kappa shape index (κ2) is 5.60. The molecule has 2 atom stereocenters. The van der Waals surface area contributed by atoms with E-state index in [1.807, 2.05) is 4.68 Å². The van der Waals surface area contributed by atoms with Crippen LogP contribution in [0.5, 0.6) is 0 Å². The van der Waals surface area contributed by atoms with Crippen LogP contribution < -0.4 is 5.73 Å². The van der Waals surface area contributed by atoms with Crippen molar-refractivity contribution in [3.63, 3.8) is 0 Å². The molecule has 1 aliphatic rings. The van der Waals surface area contributed by atoms with E-state index in [0.717, 1.165) is 32.0 Å². The standard InChI is InChI=1S/C12H23N5/c1-3-17-12(14-9-15-17)8-16-6-4-5-11(7-16)10(2)13/h9-11H,3-8,13H2,1-2H3. The first kappa shape index (κ1) is 12.5. The van der Waals surface area contributed by atoms with E-state index in [1.54, 1.807) is 6.33 Å². The topological polar surface area (TPSA) is 60.0 Å². The molecule has 5 nitrogen and oxygen atoms in total. The van der Waals surface area contributed by atoms with Crippen molar-refractivity contribution in [3.8, 4) is 0 Å². The summed E-state index contributed by atoms with van der Waals surface area (Å²) >= 11 is 0. The summed E-state index contributed by atoms with van der Waals surface area (Å²) in [6, 6.07) is 0.293. The van der Waals surface area contributed by atoms with Crippen LogP contribution in [0.25, 0.3) is 0 Å². The lowest BCUT2D eigenvalue weighted by atomic mass is 9.92. The van der Waals surface area contributed by atoms with Gasteiger partial charge in [0.05, 0.1) is 6.54 Å². The maximum atomic E-state index is 6.00. The van der Waals surface area contributed by atoms with E-state index in [2.05, 4.69) is 28.8 Å². The van der Waals surface area contributed by atoms with Gasteiger partial charge in [0.25, 0.3) is 0 Å². The zero-order valence-electron chi connectivity index (χ0n) is 10.8. The Hall–Kier alpha value is -0.940. The third-order valence-corrected chi connectivity index (χ3v) is 3.65. The smallest absolute Gasteiger partial charge is 0.140 e.